The standard InChI is InChI=1S/C21H29N5O3S/c1-14-15(19(28)25-20(22-14)26-10-12-29-13-11-26)8-9-18(27)24-21-23-16-6-4-2-3-5-7-17(16)30-21/h2-13H2,1H3,(H,22,25,28)(H,23,24,27). The van der Waals surface area contributed by atoms with E-state index in [0.717, 1.165) is 18.5 Å². The fourth-order valence-corrected chi connectivity index (χ4v) is 5.06. The van der Waals surface area contributed by atoms with Gasteiger partial charge in [0.25, 0.3) is 5.56 Å². The molecule has 9 heteroatoms. The molecule has 1 aliphatic carbocycles. The van der Waals surface area contributed by atoms with Crippen LogP contribution >= 0.6 is 11.3 Å². The van der Waals surface area contributed by atoms with Gasteiger partial charge >= 0.3 is 0 Å². The number of aromatic nitrogens is 3. The maximum Gasteiger partial charge on any atom is 0.255 e. The van der Waals surface area contributed by atoms with Gasteiger partial charge in [0, 0.05) is 35.6 Å². The molecule has 2 aliphatic rings. The third-order valence-corrected chi connectivity index (χ3v) is 6.79. The van der Waals surface area contributed by atoms with E-state index in [1.54, 1.807) is 11.3 Å². The number of hydrogen-bond acceptors (Lipinski definition) is 7. The lowest BCUT2D eigenvalue weighted by Crippen LogP contribution is -2.38. The highest BCUT2D eigenvalue weighted by Crippen LogP contribution is 2.28. The molecular formula is C21H29N5O3S. The number of carbonyl (C=O) groups excluding carboxylic acids is 1. The van der Waals surface area contributed by atoms with Gasteiger partial charge in [0.1, 0.15) is 0 Å². The smallest absolute Gasteiger partial charge is 0.255 e. The van der Waals surface area contributed by atoms with Crippen molar-refractivity contribution in [2.24, 2.45) is 0 Å². The number of hydrogen-bond donors (Lipinski definition) is 2. The van der Waals surface area contributed by atoms with Gasteiger partial charge in [-0.25, -0.2) is 9.97 Å². The zero-order valence-corrected chi connectivity index (χ0v) is 18.3. The van der Waals surface area contributed by atoms with Crippen LogP contribution in [0.1, 0.15) is 53.9 Å². The molecule has 1 saturated heterocycles. The predicted octanol–water partition coefficient (Wildman–Crippen LogP) is 2.60. The fraction of sp³-hybridized carbons (Fsp3) is 0.619. The molecular weight excluding hydrogens is 402 g/mol. The number of nitrogens with one attached hydrogen (secondary N) is 2. The molecule has 4 rings (SSSR count). The molecule has 162 valence electrons. The van der Waals surface area contributed by atoms with Crippen molar-refractivity contribution in [2.45, 2.75) is 58.3 Å². The van der Waals surface area contributed by atoms with E-state index in [9.17, 15) is 9.59 Å². The Bertz CT molecular complexity index is 923. The Morgan fingerprint density at radius 3 is 2.70 bits per heavy atom. The minimum absolute atomic E-state index is 0.118. The Labute approximate surface area is 180 Å². The number of rotatable bonds is 5. The van der Waals surface area contributed by atoms with Crippen molar-refractivity contribution in [1.82, 2.24) is 15.0 Å². The monoisotopic (exact) mass is 431 g/mol. The van der Waals surface area contributed by atoms with Crippen LogP contribution in [0, 0.1) is 6.92 Å². The number of aromatic amines is 1. The summed E-state index contributed by atoms with van der Waals surface area (Å²) in [7, 11) is 0. The Morgan fingerprint density at radius 2 is 1.93 bits per heavy atom. The highest BCUT2D eigenvalue weighted by atomic mass is 32.1. The Morgan fingerprint density at radius 1 is 1.17 bits per heavy atom. The first-order valence-electron chi connectivity index (χ1n) is 10.8. The van der Waals surface area contributed by atoms with Gasteiger partial charge in [-0.2, -0.15) is 0 Å². The van der Waals surface area contributed by atoms with E-state index in [1.165, 1.54) is 30.6 Å². The van der Waals surface area contributed by atoms with Crippen LogP contribution in [0.25, 0.3) is 0 Å². The normalized spacial score (nSPS) is 17.2. The highest BCUT2D eigenvalue weighted by Gasteiger charge is 2.18. The van der Waals surface area contributed by atoms with Crippen molar-refractivity contribution in [3.8, 4) is 0 Å². The molecule has 8 nitrogen and oxygen atoms in total. The van der Waals surface area contributed by atoms with Gasteiger partial charge in [-0.3, -0.25) is 14.6 Å². The summed E-state index contributed by atoms with van der Waals surface area (Å²) in [5.74, 6) is 0.460. The SMILES string of the molecule is Cc1nc(N2CCOCC2)[nH]c(=O)c1CCC(=O)Nc1nc2c(s1)CCCCCC2. The summed E-state index contributed by atoms with van der Waals surface area (Å²) in [5, 5.41) is 3.60. The van der Waals surface area contributed by atoms with Gasteiger partial charge in [-0.1, -0.05) is 12.8 Å². The van der Waals surface area contributed by atoms with Crippen molar-refractivity contribution < 1.29 is 9.53 Å². The molecule has 30 heavy (non-hydrogen) atoms. The molecule has 0 atom stereocenters. The Kier molecular flexibility index (Phi) is 6.79. The van der Waals surface area contributed by atoms with E-state index in [4.69, 9.17) is 4.74 Å². The molecule has 0 spiro atoms. The minimum atomic E-state index is -0.172. The topological polar surface area (TPSA) is 100 Å². The second kappa shape index (κ2) is 9.70. The van der Waals surface area contributed by atoms with Crippen molar-refractivity contribution >= 4 is 28.3 Å². The van der Waals surface area contributed by atoms with E-state index in [2.05, 4.69) is 20.3 Å². The first-order chi connectivity index (χ1) is 14.6. The number of carbonyl (C=O) groups is 1. The van der Waals surface area contributed by atoms with Crippen LogP contribution in [0.3, 0.4) is 0 Å². The first-order valence-corrected chi connectivity index (χ1v) is 11.6. The van der Waals surface area contributed by atoms with Crippen molar-refractivity contribution in [3.05, 3.63) is 32.2 Å². The highest BCUT2D eigenvalue weighted by molar-refractivity contribution is 7.15. The number of morpholine rings is 1. The third kappa shape index (κ3) is 5.07. The minimum Gasteiger partial charge on any atom is -0.378 e. The summed E-state index contributed by atoms with van der Waals surface area (Å²) in [4.78, 5) is 40.4. The number of anilines is 2. The van der Waals surface area contributed by atoms with Gasteiger partial charge < -0.3 is 15.0 Å². The van der Waals surface area contributed by atoms with Gasteiger partial charge in [0.05, 0.1) is 18.9 Å². The molecule has 0 radical (unpaired) electrons. The van der Waals surface area contributed by atoms with Gasteiger partial charge in [0.15, 0.2) is 5.13 Å². The number of thiazole rings is 1. The fourth-order valence-electron chi connectivity index (χ4n) is 3.99. The molecule has 3 heterocycles. The zero-order valence-electron chi connectivity index (χ0n) is 17.5. The molecule has 0 aromatic carbocycles. The quantitative estimate of drug-likeness (QED) is 0.755. The van der Waals surface area contributed by atoms with Crippen LogP contribution in [0.15, 0.2) is 4.79 Å². The average molecular weight is 432 g/mol. The lowest BCUT2D eigenvalue weighted by Gasteiger charge is -2.27. The largest absolute Gasteiger partial charge is 0.378 e. The van der Waals surface area contributed by atoms with Crippen LogP contribution in [-0.2, 0) is 28.8 Å². The lowest BCUT2D eigenvalue weighted by molar-refractivity contribution is -0.116. The summed E-state index contributed by atoms with van der Waals surface area (Å²) in [6, 6.07) is 0. The molecule has 0 unspecified atom stereocenters. The zero-order chi connectivity index (χ0) is 20.9. The van der Waals surface area contributed by atoms with Crippen LogP contribution in [-0.4, -0.2) is 47.2 Å². The second-order valence-electron chi connectivity index (χ2n) is 7.90. The second-order valence-corrected chi connectivity index (χ2v) is 8.99. The predicted molar refractivity (Wildman–Crippen MR) is 118 cm³/mol. The lowest BCUT2D eigenvalue weighted by atomic mass is 10.0. The van der Waals surface area contributed by atoms with Gasteiger partial charge in [0.2, 0.25) is 11.9 Å². The summed E-state index contributed by atoms with van der Waals surface area (Å²) < 4.78 is 5.35. The molecule has 0 saturated carbocycles. The molecule has 0 bridgehead atoms. The molecule has 1 aliphatic heterocycles. The van der Waals surface area contributed by atoms with E-state index < -0.39 is 0 Å². The molecule has 2 N–H and O–H groups in total. The van der Waals surface area contributed by atoms with Crippen LogP contribution in [0.2, 0.25) is 0 Å². The number of H-pyrrole nitrogens is 1. The van der Waals surface area contributed by atoms with Crippen molar-refractivity contribution in [1.29, 1.82) is 0 Å². The summed E-state index contributed by atoms with van der Waals surface area (Å²) in [6.45, 7) is 4.51. The van der Waals surface area contributed by atoms with Crippen molar-refractivity contribution in [3.63, 3.8) is 0 Å². The van der Waals surface area contributed by atoms with E-state index in [0.29, 0.717) is 55.1 Å². The Balaban J connectivity index is 1.37. The summed E-state index contributed by atoms with van der Waals surface area (Å²) >= 11 is 1.59. The van der Waals surface area contributed by atoms with E-state index >= 15 is 0 Å². The van der Waals surface area contributed by atoms with Crippen LogP contribution in [0.5, 0.6) is 0 Å². The maximum atomic E-state index is 12.6. The Hall–Kier alpha value is -2.26. The maximum absolute atomic E-state index is 12.6. The summed E-state index contributed by atoms with van der Waals surface area (Å²) in [6.07, 6.45) is 7.52. The first kappa shape index (κ1) is 21.0. The average Bonchev–Trinajstić information content (AvgIpc) is 3.08. The number of fused-ring (bicyclic) bond motifs is 1. The molecule has 1 amide bonds. The molecule has 2 aromatic rings. The summed E-state index contributed by atoms with van der Waals surface area (Å²) in [5.41, 5.74) is 2.21. The van der Waals surface area contributed by atoms with E-state index in [-0.39, 0.29) is 17.9 Å². The van der Waals surface area contributed by atoms with Crippen molar-refractivity contribution in [2.75, 3.05) is 36.5 Å². The number of amides is 1. The number of ether oxygens (including phenoxy) is 1. The van der Waals surface area contributed by atoms with Crippen LogP contribution < -0.4 is 15.8 Å². The van der Waals surface area contributed by atoms with Gasteiger partial charge in [-0.15, -0.1) is 11.3 Å². The number of nitrogens with zero attached hydrogens (tertiary/aromatic N) is 3. The third-order valence-electron chi connectivity index (χ3n) is 5.71. The molecule has 1 fully saturated rings. The number of aryl methyl sites for hydroxylation is 3. The van der Waals surface area contributed by atoms with E-state index in [1.807, 2.05) is 11.8 Å². The van der Waals surface area contributed by atoms with Crippen LogP contribution in [0.4, 0.5) is 11.1 Å². The van der Waals surface area contributed by atoms with Gasteiger partial charge in [-0.05, 0) is 39.0 Å². The molecule has 2 aromatic heterocycles.